The van der Waals surface area contributed by atoms with E-state index < -0.39 is 0 Å². The highest BCUT2D eigenvalue weighted by molar-refractivity contribution is 5.04. The van der Waals surface area contributed by atoms with Gasteiger partial charge < -0.3 is 5.32 Å². The number of nitrogens with one attached hydrogen (secondary N) is 1. The molecule has 3 rings (SSSR count). The van der Waals surface area contributed by atoms with Crippen LogP contribution in [0.15, 0.2) is 12.3 Å². The molecule has 0 bridgehead atoms. The summed E-state index contributed by atoms with van der Waals surface area (Å²) in [5.41, 5.74) is 1.27. The van der Waals surface area contributed by atoms with Crippen molar-refractivity contribution in [2.75, 3.05) is 0 Å². The fourth-order valence-corrected chi connectivity index (χ4v) is 4.17. The summed E-state index contributed by atoms with van der Waals surface area (Å²) in [6.45, 7) is 4.50. The zero-order valence-electron chi connectivity index (χ0n) is 13.0. The third-order valence-corrected chi connectivity index (χ3v) is 5.43. The minimum Gasteiger partial charge on any atom is -0.311 e. The molecular weight excluding hydrogens is 246 g/mol. The molecule has 0 radical (unpaired) electrons. The molecule has 1 aromatic heterocycles. The van der Waals surface area contributed by atoms with E-state index in [-0.39, 0.29) is 0 Å². The Morgan fingerprint density at radius 2 is 2.10 bits per heavy atom. The predicted octanol–water partition coefficient (Wildman–Crippen LogP) is 3.71. The number of hydrogen-bond acceptors (Lipinski definition) is 2. The minimum atomic E-state index is 0.572. The van der Waals surface area contributed by atoms with Crippen LogP contribution in [-0.4, -0.2) is 21.9 Å². The molecule has 0 spiro atoms. The van der Waals surface area contributed by atoms with Gasteiger partial charge in [0.25, 0.3) is 0 Å². The fourth-order valence-electron chi connectivity index (χ4n) is 4.17. The van der Waals surface area contributed by atoms with Crippen molar-refractivity contribution in [3.8, 4) is 0 Å². The molecular formula is C17H29N3. The maximum absolute atomic E-state index is 4.81. The third kappa shape index (κ3) is 2.93. The highest BCUT2D eigenvalue weighted by atomic mass is 15.3. The lowest BCUT2D eigenvalue weighted by molar-refractivity contribution is 0.256. The summed E-state index contributed by atoms with van der Waals surface area (Å²) in [7, 11) is 0. The summed E-state index contributed by atoms with van der Waals surface area (Å²) >= 11 is 0. The Kier molecular flexibility index (Phi) is 4.45. The van der Waals surface area contributed by atoms with Crippen molar-refractivity contribution in [1.29, 1.82) is 0 Å². The van der Waals surface area contributed by atoms with Gasteiger partial charge in [-0.2, -0.15) is 5.10 Å². The van der Waals surface area contributed by atoms with Gasteiger partial charge in [0.1, 0.15) is 0 Å². The first kappa shape index (κ1) is 14.1. The summed E-state index contributed by atoms with van der Waals surface area (Å²) < 4.78 is 2.18. The molecule has 0 amide bonds. The van der Waals surface area contributed by atoms with Crippen molar-refractivity contribution in [3.05, 3.63) is 18.0 Å². The molecule has 1 aliphatic carbocycles. The van der Waals surface area contributed by atoms with Gasteiger partial charge in [-0.05, 0) is 50.5 Å². The van der Waals surface area contributed by atoms with E-state index in [1.165, 1.54) is 50.6 Å². The monoisotopic (exact) mass is 275 g/mol. The van der Waals surface area contributed by atoms with Gasteiger partial charge in [-0.3, -0.25) is 4.68 Å². The van der Waals surface area contributed by atoms with Crippen LogP contribution < -0.4 is 5.32 Å². The van der Waals surface area contributed by atoms with E-state index in [1.54, 1.807) is 0 Å². The fraction of sp³-hybridized carbons (Fsp3) is 0.824. The van der Waals surface area contributed by atoms with Gasteiger partial charge in [-0.15, -0.1) is 0 Å². The van der Waals surface area contributed by atoms with Gasteiger partial charge in [-0.1, -0.05) is 20.3 Å². The first-order valence-corrected chi connectivity index (χ1v) is 8.60. The molecule has 2 fully saturated rings. The van der Waals surface area contributed by atoms with E-state index >= 15 is 0 Å². The van der Waals surface area contributed by atoms with E-state index in [9.17, 15) is 0 Å². The average Bonchev–Trinajstić information content (AvgIpc) is 3.09. The topological polar surface area (TPSA) is 29.9 Å². The molecule has 3 nitrogen and oxygen atoms in total. The molecule has 20 heavy (non-hydrogen) atoms. The summed E-state index contributed by atoms with van der Waals surface area (Å²) in [5, 5.41) is 8.69. The van der Waals surface area contributed by atoms with Crippen LogP contribution in [0.25, 0.3) is 0 Å². The predicted molar refractivity (Wildman–Crippen MR) is 82.8 cm³/mol. The second kappa shape index (κ2) is 6.30. The van der Waals surface area contributed by atoms with Crippen LogP contribution in [0.4, 0.5) is 0 Å². The first-order chi connectivity index (χ1) is 9.80. The Morgan fingerprint density at radius 1 is 1.25 bits per heavy atom. The van der Waals surface area contributed by atoms with Crippen molar-refractivity contribution in [2.24, 2.45) is 5.92 Å². The lowest BCUT2D eigenvalue weighted by atomic mass is 9.88. The second-order valence-electron chi connectivity index (χ2n) is 6.70. The molecule has 112 valence electrons. The van der Waals surface area contributed by atoms with Crippen LogP contribution in [-0.2, 0) is 6.42 Å². The molecule has 1 saturated heterocycles. The van der Waals surface area contributed by atoms with Gasteiger partial charge in [0.05, 0.1) is 11.7 Å². The smallest absolute Gasteiger partial charge is 0.0640 e. The Labute approximate surface area is 123 Å². The summed E-state index contributed by atoms with van der Waals surface area (Å²) in [6.07, 6.45) is 12.7. The largest absolute Gasteiger partial charge is 0.311 e. The summed E-state index contributed by atoms with van der Waals surface area (Å²) in [5.74, 6) is 0.966. The Bertz CT molecular complexity index is 422. The lowest BCUT2D eigenvalue weighted by Gasteiger charge is -2.33. The number of piperidine rings is 1. The van der Waals surface area contributed by atoms with E-state index in [4.69, 9.17) is 5.10 Å². The van der Waals surface area contributed by atoms with Crippen LogP contribution in [0.2, 0.25) is 0 Å². The van der Waals surface area contributed by atoms with E-state index in [0.29, 0.717) is 12.1 Å². The van der Waals surface area contributed by atoms with Gasteiger partial charge in [0.15, 0.2) is 0 Å². The second-order valence-corrected chi connectivity index (χ2v) is 6.70. The quantitative estimate of drug-likeness (QED) is 0.888. The molecule has 0 aromatic carbocycles. The molecule has 3 atom stereocenters. The van der Waals surface area contributed by atoms with Crippen LogP contribution in [0.3, 0.4) is 0 Å². The van der Waals surface area contributed by atoms with Gasteiger partial charge >= 0.3 is 0 Å². The van der Waals surface area contributed by atoms with Gasteiger partial charge in [0.2, 0.25) is 0 Å². The number of nitrogens with zero attached hydrogens (tertiary/aromatic N) is 2. The molecule has 3 unspecified atom stereocenters. The molecule has 3 heteroatoms. The number of aromatic nitrogens is 2. The van der Waals surface area contributed by atoms with Gasteiger partial charge in [0, 0.05) is 24.7 Å². The number of rotatable bonds is 5. The summed E-state index contributed by atoms with van der Waals surface area (Å²) in [6, 6.07) is 4.25. The lowest BCUT2D eigenvalue weighted by Crippen LogP contribution is -2.46. The molecule has 1 N–H and O–H groups in total. The normalized spacial score (nSPS) is 29.9. The van der Waals surface area contributed by atoms with E-state index in [1.807, 2.05) is 0 Å². The van der Waals surface area contributed by atoms with Crippen molar-refractivity contribution >= 4 is 0 Å². The molecule has 1 aliphatic heterocycles. The van der Waals surface area contributed by atoms with Gasteiger partial charge in [-0.25, -0.2) is 0 Å². The number of fused-ring (bicyclic) bond motifs is 1. The zero-order valence-corrected chi connectivity index (χ0v) is 13.0. The van der Waals surface area contributed by atoms with Crippen molar-refractivity contribution in [1.82, 2.24) is 15.1 Å². The average molecular weight is 275 g/mol. The van der Waals surface area contributed by atoms with E-state index in [2.05, 4.69) is 36.1 Å². The highest BCUT2D eigenvalue weighted by Crippen LogP contribution is 2.34. The van der Waals surface area contributed by atoms with Crippen LogP contribution in [0.1, 0.15) is 70.5 Å². The maximum Gasteiger partial charge on any atom is 0.0640 e. The van der Waals surface area contributed by atoms with Crippen LogP contribution in [0.5, 0.6) is 0 Å². The van der Waals surface area contributed by atoms with Crippen LogP contribution in [0, 0.1) is 5.92 Å². The summed E-state index contributed by atoms with van der Waals surface area (Å²) in [4.78, 5) is 0. The molecule has 1 saturated carbocycles. The SMILES string of the molecule is CCC(CC)n1ccc(CC2CCC3CCCC3N2)n1. The number of hydrogen-bond donors (Lipinski definition) is 1. The first-order valence-electron chi connectivity index (χ1n) is 8.60. The minimum absolute atomic E-state index is 0.572. The van der Waals surface area contributed by atoms with Crippen molar-refractivity contribution in [3.63, 3.8) is 0 Å². The standard InChI is InChI=1S/C17H29N3/c1-3-16(4-2)20-11-10-15(19-20)12-14-9-8-13-6-5-7-17(13)18-14/h10-11,13-14,16-18H,3-9,12H2,1-2H3. The van der Waals surface area contributed by atoms with Crippen molar-refractivity contribution in [2.45, 2.75) is 83.3 Å². The molecule has 1 aromatic rings. The molecule has 2 heterocycles. The Hall–Kier alpha value is -0.830. The van der Waals surface area contributed by atoms with E-state index in [0.717, 1.165) is 18.4 Å². The van der Waals surface area contributed by atoms with Crippen molar-refractivity contribution < 1.29 is 0 Å². The Morgan fingerprint density at radius 3 is 2.90 bits per heavy atom. The maximum atomic E-state index is 4.81. The third-order valence-electron chi connectivity index (χ3n) is 5.43. The Balaban J connectivity index is 1.58. The highest BCUT2D eigenvalue weighted by Gasteiger charge is 2.33. The van der Waals surface area contributed by atoms with Crippen LogP contribution >= 0.6 is 0 Å². The molecule has 2 aliphatic rings. The zero-order chi connectivity index (χ0) is 13.9.